The lowest BCUT2D eigenvalue weighted by atomic mass is 9.78. The van der Waals surface area contributed by atoms with Crippen LogP contribution in [0, 0.1) is 5.41 Å². The molecular weight excluding hydrogens is 310 g/mol. The van der Waals surface area contributed by atoms with Crippen molar-refractivity contribution in [2.45, 2.75) is 38.1 Å². The molecule has 5 heteroatoms. The molecule has 2 N–H and O–H groups in total. The molecule has 1 amide bonds. The average Bonchev–Trinajstić information content (AvgIpc) is 2.84. The van der Waals surface area contributed by atoms with E-state index >= 15 is 0 Å². The van der Waals surface area contributed by atoms with E-state index in [-0.39, 0.29) is 24.4 Å². The minimum absolute atomic E-state index is 0. The first-order chi connectivity index (χ1) is 10.8. The highest BCUT2D eigenvalue weighted by Crippen LogP contribution is 2.40. The Kier molecular flexibility index (Phi) is 4.95. The van der Waals surface area contributed by atoms with E-state index in [0.29, 0.717) is 5.41 Å². The number of nitrogens with one attached hydrogen (secondary N) is 2. The minimum atomic E-state index is 0. The molecular formula is C18H26ClN3O. The third-order valence-electron chi connectivity index (χ3n) is 5.84. The maximum atomic E-state index is 12.7. The van der Waals surface area contributed by atoms with E-state index in [4.69, 9.17) is 0 Å². The van der Waals surface area contributed by atoms with Crippen molar-refractivity contribution in [1.82, 2.24) is 10.2 Å². The van der Waals surface area contributed by atoms with Crippen LogP contribution in [-0.4, -0.2) is 43.0 Å². The average molecular weight is 336 g/mol. The van der Waals surface area contributed by atoms with Crippen LogP contribution in [0.25, 0.3) is 0 Å². The first-order valence-corrected chi connectivity index (χ1v) is 8.59. The molecule has 1 aromatic carbocycles. The largest absolute Gasteiger partial charge is 0.324 e. The monoisotopic (exact) mass is 335 g/mol. The van der Waals surface area contributed by atoms with Crippen LogP contribution in [0.5, 0.6) is 0 Å². The van der Waals surface area contributed by atoms with Gasteiger partial charge in [-0.1, -0.05) is 18.2 Å². The van der Waals surface area contributed by atoms with E-state index in [0.717, 1.165) is 44.7 Å². The Morgan fingerprint density at radius 2 is 1.91 bits per heavy atom. The number of benzene rings is 1. The van der Waals surface area contributed by atoms with Crippen LogP contribution in [0.2, 0.25) is 0 Å². The van der Waals surface area contributed by atoms with Crippen molar-refractivity contribution in [1.29, 1.82) is 0 Å². The van der Waals surface area contributed by atoms with Gasteiger partial charge >= 0.3 is 0 Å². The van der Waals surface area contributed by atoms with Crippen molar-refractivity contribution < 1.29 is 4.79 Å². The zero-order valence-corrected chi connectivity index (χ0v) is 14.3. The zero-order chi connectivity index (χ0) is 15.0. The number of rotatable bonds is 1. The standard InChI is InChI=1S/C18H25N3O.ClH/c22-17-16(6-5-14-3-1-2-4-15(14)20-17)21-12-9-18(13-21)7-10-19-11-8-18;/h1-4,16,19H,5-13H2,(H,20,22);1H. The fraction of sp³-hybridized carbons (Fsp3) is 0.611. The van der Waals surface area contributed by atoms with Crippen LogP contribution in [0.1, 0.15) is 31.2 Å². The first kappa shape index (κ1) is 16.7. The first-order valence-electron chi connectivity index (χ1n) is 8.59. The summed E-state index contributed by atoms with van der Waals surface area (Å²) in [6, 6.07) is 8.26. The predicted octanol–water partition coefficient (Wildman–Crippen LogP) is 2.44. The van der Waals surface area contributed by atoms with Gasteiger partial charge in [0.15, 0.2) is 0 Å². The SMILES string of the molecule is Cl.O=C1Nc2ccccc2CCC1N1CCC2(CCNCC2)C1. The van der Waals surface area contributed by atoms with Crippen molar-refractivity contribution in [3.8, 4) is 0 Å². The summed E-state index contributed by atoms with van der Waals surface area (Å²) in [5.41, 5.74) is 2.74. The topological polar surface area (TPSA) is 44.4 Å². The number of carbonyl (C=O) groups is 1. The summed E-state index contributed by atoms with van der Waals surface area (Å²) in [7, 11) is 0. The lowest BCUT2D eigenvalue weighted by molar-refractivity contribution is -0.121. The number of aryl methyl sites for hydroxylation is 1. The number of para-hydroxylation sites is 1. The summed E-state index contributed by atoms with van der Waals surface area (Å²) in [4.78, 5) is 15.1. The molecule has 4 nitrogen and oxygen atoms in total. The molecule has 1 spiro atoms. The van der Waals surface area contributed by atoms with Gasteiger partial charge in [-0.2, -0.15) is 0 Å². The second-order valence-corrected chi connectivity index (χ2v) is 7.17. The van der Waals surface area contributed by atoms with Gasteiger partial charge in [-0.25, -0.2) is 0 Å². The van der Waals surface area contributed by atoms with Gasteiger partial charge in [0.05, 0.1) is 6.04 Å². The number of piperidine rings is 1. The molecule has 0 aromatic heterocycles. The summed E-state index contributed by atoms with van der Waals surface area (Å²) >= 11 is 0. The van der Waals surface area contributed by atoms with Crippen LogP contribution < -0.4 is 10.6 Å². The molecule has 3 heterocycles. The summed E-state index contributed by atoms with van der Waals surface area (Å²) in [6.45, 7) is 4.45. The molecule has 3 aliphatic heterocycles. The third kappa shape index (κ3) is 3.25. The predicted molar refractivity (Wildman–Crippen MR) is 95.2 cm³/mol. The highest BCUT2D eigenvalue weighted by atomic mass is 35.5. The summed E-state index contributed by atoms with van der Waals surface area (Å²) in [5.74, 6) is 0.191. The molecule has 2 fully saturated rings. The molecule has 3 aliphatic rings. The molecule has 0 aliphatic carbocycles. The summed E-state index contributed by atoms with van der Waals surface area (Å²) in [5, 5.41) is 6.61. The number of carbonyl (C=O) groups excluding carboxylic acids is 1. The minimum Gasteiger partial charge on any atom is -0.324 e. The van der Waals surface area contributed by atoms with Crippen LogP contribution in [0.4, 0.5) is 5.69 Å². The number of halogens is 1. The number of amides is 1. The van der Waals surface area contributed by atoms with E-state index < -0.39 is 0 Å². The lowest BCUT2D eigenvalue weighted by Gasteiger charge is -2.35. The van der Waals surface area contributed by atoms with Gasteiger partial charge in [-0.3, -0.25) is 9.69 Å². The maximum Gasteiger partial charge on any atom is 0.241 e. The molecule has 2 saturated heterocycles. The van der Waals surface area contributed by atoms with Gasteiger partial charge in [0, 0.05) is 12.2 Å². The van der Waals surface area contributed by atoms with Gasteiger partial charge in [0.1, 0.15) is 0 Å². The van der Waals surface area contributed by atoms with Crippen LogP contribution in [0.15, 0.2) is 24.3 Å². The van der Waals surface area contributed by atoms with Crippen molar-refractivity contribution in [3.63, 3.8) is 0 Å². The fourth-order valence-electron chi connectivity index (χ4n) is 4.45. The highest BCUT2D eigenvalue weighted by Gasteiger charge is 2.42. The van der Waals surface area contributed by atoms with E-state index in [9.17, 15) is 4.79 Å². The number of hydrogen-bond donors (Lipinski definition) is 2. The number of hydrogen-bond acceptors (Lipinski definition) is 3. The second-order valence-electron chi connectivity index (χ2n) is 7.17. The smallest absolute Gasteiger partial charge is 0.241 e. The van der Waals surface area contributed by atoms with Gasteiger partial charge in [-0.15, -0.1) is 12.4 Å². The molecule has 1 aromatic rings. The molecule has 0 saturated carbocycles. The van der Waals surface area contributed by atoms with Gasteiger partial charge in [0.2, 0.25) is 5.91 Å². The number of fused-ring (bicyclic) bond motifs is 1. The quantitative estimate of drug-likeness (QED) is 0.828. The Morgan fingerprint density at radius 3 is 2.74 bits per heavy atom. The van der Waals surface area contributed by atoms with Gasteiger partial charge in [0.25, 0.3) is 0 Å². The number of likely N-dealkylation sites (tertiary alicyclic amines) is 1. The third-order valence-corrected chi connectivity index (χ3v) is 5.84. The Bertz CT molecular complexity index is 571. The molecule has 1 unspecified atom stereocenters. The van der Waals surface area contributed by atoms with Crippen LogP contribution in [0.3, 0.4) is 0 Å². The van der Waals surface area contributed by atoms with E-state index in [2.05, 4.69) is 27.7 Å². The molecule has 126 valence electrons. The van der Waals surface area contributed by atoms with Crippen LogP contribution in [-0.2, 0) is 11.2 Å². The fourth-order valence-corrected chi connectivity index (χ4v) is 4.45. The second kappa shape index (κ2) is 6.80. The Morgan fingerprint density at radius 1 is 1.13 bits per heavy atom. The van der Waals surface area contributed by atoms with Gasteiger partial charge < -0.3 is 10.6 Å². The Hall–Kier alpha value is -1.10. The number of nitrogens with zero attached hydrogens (tertiary/aromatic N) is 1. The van der Waals surface area contributed by atoms with E-state index in [1.807, 2.05) is 12.1 Å². The van der Waals surface area contributed by atoms with Crippen molar-refractivity contribution in [2.75, 3.05) is 31.5 Å². The van der Waals surface area contributed by atoms with Crippen molar-refractivity contribution in [3.05, 3.63) is 29.8 Å². The zero-order valence-electron chi connectivity index (χ0n) is 13.5. The Balaban J connectivity index is 0.00000156. The summed E-state index contributed by atoms with van der Waals surface area (Å²) in [6.07, 6.45) is 5.71. The normalized spacial score (nSPS) is 27.0. The van der Waals surface area contributed by atoms with Crippen molar-refractivity contribution >= 4 is 24.0 Å². The van der Waals surface area contributed by atoms with E-state index in [1.54, 1.807) is 0 Å². The number of anilines is 1. The molecule has 23 heavy (non-hydrogen) atoms. The lowest BCUT2D eigenvalue weighted by Crippen LogP contribution is -2.45. The van der Waals surface area contributed by atoms with E-state index in [1.165, 1.54) is 24.8 Å². The molecule has 1 atom stereocenters. The molecule has 4 rings (SSSR count). The highest BCUT2D eigenvalue weighted by molar-refractivity contribution is 5.96. The van der Waals surface area contributed by atoms with Crippen LogP contribution >= 0.6 is 12.4 Å². The Labute approximate surface area is 144 Å². The van der Waals surface area contributed by atoms with Gasteiger partial charge in [-0.05, 0) is 68.8 Å². The molecule has 0 bridgehead atoms. The summed E-state index contributed by atoms with van der Waals surface area (Å²) < 4.78 is 0. The maximum absolute atomic E-state index is 12.7. The van der Waals surface area contributed by atoms with Crippen molar-refractivity contribution in [2.24, 2.45) is 5.41 Å². The molecule has 0 radical (unpaired) electrons.